The molecule has 2 aromatic heterocycles. The number of hydrogen-bond donors (Lipinski definition) is 2. The number of H-pyrrole nitrogens is 1. The molecule has 0 aliphatic carbocycles. The van der Waals surface area contributed by atoms with Crippen molar-refractivity contribution in [3.05, 3.63) is 35.8 Å². The van der Waals surface area contributed by atoms with Crippen LogP contribution in [0, 0.1) is 12.7 Å². The maximum atomic E-state index is 14.9. The van der Waals surface area contributed by atoms with E-state index in [1.165, 1.54) is 17.6 Å². The summed E-state index contributed by atoms with van der Waals surface area (Å²) in [6, 6.07) is 5.58. The second-order valence-corrected chi connectivity index (χ2v) is 8.07. The molecule has 0 bridgehead atoms. The summed E-state index contributed by atoms with van der Waals surface area (Å²) in [6.07, 6.45) is 3.64. The molecule has 0 saturated heterocycles. The number of rotatable bonds is 4. The van der Waals surface area contributed by atoms with Crippen molar-refractivity contribution < 1.29 is 13.4 Å². The van der Waals surface area contributed by atoms with Crippen LogP contribution in [-0.2, 0) is 15.6 Å². The van der Waals surface area contributed by atoms with Gasteiger partial charge in [0.2, 0.25) is 6.41 Å². The van der Waals surface area contributed by atoms with Gasteiger partial charge in [0, 0.05) is 11.6 Å². The maximum absolute atomic E-state index is 14.9. The molecular formula is C17H13FN4O2S2. The molecule has 0 aliphatic rings. The zero-order chi connectivity index (χ0) is 18.4. The summed E-state index contributed by atoms with van der Waals surface area (Å²) in [5, 5.41) is 10.5. The van der Waals surface area contributed by atoms with Crippen molar-refractivity contribution in [2.24, 2.45) is 0 Å². The van der Waals surface area contributed by atoms with E-state index in [4.69, 9.17) is 0 Å². The molecule has 0 spiro atoms. The molecule has 1 amide bonds. The second-order valence-electron chi connectivity index (χ2n) is 5.72. The molecular weight excluding hydrogens is 375 g/mol. The molecule has 2 heterocycles. The molecule has 0 aliphatic heterocycles. The third kappa shape index (κ3) is 2.51. The topological polar surface area (TPSA) is 87.7 Å². The van der Waals surface area contributed by atoms with Crippen LogP contribution in [0.4, 0.5) is 9.52 Å². The Kier molecular flexibility index (Phi) is 4.04. The predicted octanol–water partition coefficient (Wildman–Crippen LogP) is 3.59. The van der Waals surface area contributed by atoms with E-state index in [0.29, 0.717) is 33.6 Å². The number of fused-ring (bicyclic) bond motifs is 2. The Hall–Kier alpha value is -2.65. The van der Waals surface area contributed by atoms with Gasteiger partial charge in [-0.2, -0.15) is 5.10 Å². The van der Waals surface area contributed by atoms with Crippen LogP contribution in [0.25, 0.3) is 32.2 Å². The summed E-state index contributed by atoms with van der Waals surface area (Å²) in [5.41, 5.74) is 3.10. The fourth-order valence-electron chi connectivity index (χ4n) is 3.07. The highest BCUT2D eigenvalue weighted by atomic mass is 32.2. The molecule has 132 valence electrons. The van der Waals surface area contributed by atoms with Gasteiger partial charge in [-0.25, -0.2) is 9.37 Å². The van der Waals surface area contributed by atoms with Gasteiger partial charge in [-0.1, -0.05) is 17.4 Å². The molecule has 2 aromatic carbocycles. The Labute approximate surface area is 153 Å². The highest BCUT2D eigenvalue weighted by Gasteiger charge is 2.22. The summed E-state index contributed by atoms with van der Waals surface area (Å²) in [5.74, 6) is -0.495. The predicted molar refractivity (Wildman–Crippen MR) is 101 cm³/mol. The summed E-state index contributed by atoms with van der Waals surface area (Å²) < 4.78 is 27.8. The number of carbonyl (C=O) groups excluding carboxylic acids is 1. The van der Waals surface area contributed by atoms with Gasteiger partial charge in [-0.05, 0) is 35.7 Å². The van der Waals surface area contributed by atoms with Gasteiger partial charge in [0.25, 0.3) is 0 Å². The van der Waals surface area contributed by atoms with E-state index < -0.39 is 16.6 Å². The molecule has 6 nitrogen and oxygen atoms in total. The lowest BCUT2D eigenvalue weighted by atomic mass is 9.96. The Bertz CT molecular complexity index is 1200. The number of aromatic amines is 1. The molecule has 0 fully saturated rings. The van der Waals surface area contributed by atoms with E-state index in [0.717, 1.165) is 15.8 Å². The number of halogens is 1. The largest absolute Gasteiger partial charge is 0.305 e. The molecule has 0 radical (unpaired) electrons. The fourth-order valence-corrected chi connectivity index (χ4v) is 4.79. The van der Waals surface area contributed by atoms with Crippen LogP contribution in [0.15, 0.2) is 29.3 Å². The Morgan fingerprint density at radius 1 is 1.38 bits per heavy atom. The molecule has 4 rings (SSSR count). The Balaban J connectivity index is 2.00. The molecule has 1 atom stereocenters. The highest BCUT2D eigenvalue weighted by Crippen LogP contribution is 2.38. The maximum Gasteiger partial charge on any atom is 0.213 e. The number of nitrogens with zero attached hydrogens (tertiary/aromatic N) is 2. The monoisotopic (exact) mass is 388 g/mol. The van der Waals surface area contributed by atoms with Gasteiger partial charge >= 0.3 is 0 Å². The van der Waals surface area contributed by atoms with Crippen molar-refractivity contribution in [1.82, 2.24) is 15.2 Å². The van der Waals surface area contributed by atoms with Crippen LogP contribution >= 0.6 is 11.3 Å². The molecule has 9 heteroatoms. The van der Waals surface area contributed by atoms with Crippen LogP contribution in [0.2, 0.25) is 0 Å². The van der Waals surface area contributed by atoms with Crippen molar-refractivity contribution >= 4 is 54.8 Å². The summed E-state index contributed by atoms with van der Waals surface area (Å²) >= 11 is 1.34. The molecule has 2 N–H and O–H groups in total. The SMILES string of the molecule is Cc1c(F)c(S(C)=O)c2[nH]ncc2c1-c1ccc2nc(NC=O)sc2c1. The number of anilines is 1. The summed E-state index contributed by atoms with van der Waals surface area (Å²) in [4.78, 5) is 15.0. The lowest BCUT2D eigenvalue weighted by Gasteiger charge is -2.12. The molecule has 1 unspecified atom stereocenters. The number of hydrogen-bond acceptors (Lipinski definition) is 5. The van der Waals surface area contributed by atoms with Gasteiger partial charge in [0.05, 0.1) is 32.7 Å². The third-order valence-corrected chi connectivity index (χ3v) is 6.09. The smallest absolute Gasteiger partial charge is 0.213 e. The van der Waals surface area contributed by atoms with Crippen LogP contribution in [0.1, 0.15) is 5.56 Å². The Morgan fingerprint density at radius 3 is 2.92 bits per heavy atom. The minimum atomic E-state index is -1.49. The van der Waals surface area contributed by atoms with Gasteiger partial charge in [0.1, 0.15) is 10.7 Å². The number of aromatic nitrogens is 3. The molecule has 0 saturated carbocycles. The van der Waals surface area contributed by atoms with E-state index in [1.807, 2.05) is 18.2 Å². The highest BCUT2D eigenvalue weighted by molar-refractivity contribution is 7.84. The van der Waals surface area contributed by atoms with E-state index in [1.54, 1.807) is 13.1 Å². The van der Waals surface area contributed by atoms with E-state index in [2.05, 4.69) is 20.5 Å². The zero-order valence-corrected chi connectivity index (χ0v) is 15.4. The van der Waals surface area contributed by atoms with Gasteiger partial charge in [-0.15, -0.1) is 0 Å². The lowest BCUT2D eigenvalue weighted by Crippen LogP contribution is -2.00. The quantitative estimate of drug-likeness (QED) is 0.523. The molecule has 26 heavy (non-hydrogen) atoms. The summed E-state index contributed by atoms with van der Waals surface area (Å²) in [6.45, 7) is 1.67. The van der Waals surface area contributed by atoms with Crippen molar-refractivity contribution in [3.8, 4) is 11.1 Å². The first-order valence-corrected chi connectivity index (χ1v) is 9.98. The zero-order valence-electron chi connectivity index (χ0n) is 13.8. The van der Waals surface area contributed by atoms with Crippen LogP contribution in [0.5, 0.6) is 0 Å². The van der Waals surface area contributed by atoms with Crippen molar-refractivity contribution in [3.63, 3.8) is 0 Å². The standard InChI is InChI=1S/C17H13FN4O2S2/c1-8-13(10-6-20-22-15(10)16(14(8)18)26(2)24)9-3-4-11-12(5-9)25-17(21-11)19-7-23/h3-7H,1-2H3,(H,20,22)(H,19,21,23). The van der Waals surface area contributed by atoms with E-state index >= 15 is 0 Å². The van der Waals surface area contributed by atoms with Crippen molar-refractivity contribution in [2.75, 3.05) is 11.6 Å². The minimum Gasteiger partial charge on any atom is -0.305 e. The third-order valence-electron chi connectivity index (χ3n) is 4.19. The average Bonchev–Trinajstić information content (AvgIpc) is 3.21. The summed E-state index contributed by atoms with van der Waals surface area (Å²) in [7, 11) is -1.49. The number of benzene rings is 2. The first kappa shape index (κ1) is 16.8. The number of thiazole rings is 1. The van der Waals surface area contributed by atoms with E-state index in [-0.39, 0.29) is 4.90 Å². The van der Waals surface area contributed by atoms with Crippen LogP contribution < -0.4 is 5.32 Å². The second kappa shape index (κ2) is 6.26. The fraction of sp³-hybridized carbons (Fsp3) is 0.118. The average molecular weight is 388 g/mol. The van der Waals surface area contributed by atoms with E-state index in [9.17, 15) is 13.4 Å². The van der Waals surface area contributed by atoms with Gasteiger partial charge < -0.3 is 5.32 Å². The minimum absolute atomic E-state index is 0.134. The first-order chi connectivity index (χ1) is 12.5. The number of amides is 1. The first-order valence-electron chi connectivity index (χ1n) is 7.61. The lowest BCUT2D eigenvalue weighted by molar-refractivity contribution is -0.105. The number of nitrogens with one attached hydrogen (secondary N) is 2. The Morgan fingerprint density at radius 2 is 2.19 bits per heavy atom. The van der Waals surface area contributed by atoms with Crippen LogP contribution in [-0.4, -0.2) is 32.1 Å². The van der Waals surface area contributed by atoms with Gasteiger partial charge in [-0.3, -0.25) is 14.1 Å². The normalized spacial score (nSPS) is 12.6. The molecule has 4 aromatic rings. The number of carbonyl (C=O) groups is 1. The van der Waals surface area contributed by atoms with Crippen molar-refractivity contribution in [2.45, 2.75) is 11.8 Å². The van der Waals surface area contributed by atoms with Crippen LogP contribution in [0.3, 0.4) is 0 Å². The van der Waals surface area contributed by atoms with Gasteiger partial charge in [0.15, 0.2) is 5.13 Å². The van der Waals surface area contributed by atoms with Crippen molar-refractivity contribution in [1.29, 1.82) is 0 Å².